The van der Waals surface area contributed by atoms with Crippen molar-refractivity contribution in [2.75, 3.05) is 0 Å². The smallest absolute Gasteiger partial charge is 0.312 e. The Morgan fingerprint density at radius 1 is 1.43 bits per heavy atom. The van der Waals surface area contributed by atoms with Gasteiger partial charge in [0.25, 0.3) is 0 Å². The van der Waals surface area contributed by atoms with E-state index in [2.05, 4.69) is 17.6 Å². The lowest BCUT2D eigenvalue weighted by atomic mass is 9.97. The molecular formula is C18H24ClNO2S. The van der Waals surface area contributed by atoms with Crippen molar-refractivity contribution in [2.45, 2.75) is 51.4 Å². The minimum Gasteiger partial charge on any atom is -0.481 e. The van der Waals surface area contributed by atoms with Crippen LogP contribution >= 0.6 is 22.9 Å². The molecule has 126 valence electrons. The molecule has 1 rings (SSSR count). The number of thiazole rings is 1. The fourth-order valence-electron chi connectivity index (χ4n) is 2.44. The van der Waals surface area contributed by atoms with Crippen molar-refractivity contribution in [3.05, 3.63) is 52.0 Å². The van der Waals surface area contributed by atoms with Crippen molar-refractivity contribution in [2.24, 2.45) is 0 Å². The van der Waals surface area contributed by atoms with Gasteiger partial charge < -0.3 is 5.11 Å². The van der Waals surface area contributed by atoms with E-state index in [-0.39, 0.29) is 0 Å². The third kappa shape index (κ3) is 7.62. The van der Waals surface area contributed by atoms with Crippen molar-refractivity contribution in [3.8, 4) is 0 Å². The zero-order chi connectivity index (χ0) is 17.1. The monoisotopic (exact) mass is 353 g/mol. The fourth-order valence-corrected chi connectivity index (χ4v) is 3.26. The fraction of sp³-hybridized carbons (Fsp3) is 0.444. The third-order valence-electron chi connectivity index (χ3n) is 3.57. The van der Waals surface area contributed by atoms with Crippen LogP contribution in [-0.4, -0.2) is 16.1 Å². The summed E-state index contributed by atoms with van der Waals surface area (Å²) in [6, 6.07) is 0. The molecule has 1 aromatic rings. The average molecular weight is 354 g/mol. The number of aliphatic carboxylic acids is 1. The summed E-state index contributed by atoms with van der Waals surface area (Å²) in [6.45, 7) is 5.73. The van der Waals surface area contributed by atoms with E-state index in [1.54, 1.807) is 5.38 Å². The first-order valence-electron chi connectivity index (χ1n) is 7.86. The number of halogens is 1. The first kappa shape index (κ1) is 19.7. The molecule has 0 aromatic carbocycles. The van der Waals surface area contributed by atoms with E-state index in [9.17, 15) is 9.90 Å². The van der Waals surface area contributed by atoms with Gasteiger partial charge in [-0.15, -0.1) is 11.3 Å². The number of hydrogen-bond donors (Lipinski definition) is 1. The molecule has 0 aliphatic rings. The summed E-state index contributed by atoms with van der Waals surface area (Å²) >= 11 is 7.07. The predicted molar refractivity (Wildman–Crippen MR) is 98.3 cm³/mol. The summed E-state index contributed by atoms with van der Waals surface area (Å²) in [7, 11) is 0. The van der Waals surface area contributed by atoms with Gasteiger partial charge in [-0.05, 0) is 31.8 Å². The van der Waals surface area contributed by atoms with Crippen molar-refractivity contribution >= 4 is 28.9 Å². The minimum absolute atomic E-state index is 0.400. The third-order valence-corrected chi connectivity index (χ3v) is 4.57. The van der Waals surface area contributed by atoms with Crippen LogP contribution in [0, 0.1) is 0 Å². The number of hydrogen-bond acceptors (Lipinski definition) is 3. The van der Waals surface area contributed by atoms with Crippen LogP contribution in [0.4, 0.5) is 0 Å². The molecule has 0 spiro atoms. The molecule has 0 amide bonds. The number of carbonyl (C=O) groups is 1. The largest absolute Gasteiger partial charge is 0.481 e. The minimum atomic E-state index is -0.823. The molecule has 1 atom stereocenters. The summed E-state index contributed by atoms with van der Waals surface area (Å²) < 4.78 is 0.400. The Hall–Kier alpha value is -1.39. The number of aromatic nitrogens is 1. The molecule has 1 aromatic heterocycles. The Balaban J connectivity index is 2.31. The topological polar surface area (TPSA) is 50.2 Å². The molecule has 1 unspecified atom stereocenters. The van der Waals surface area contributed by atoms with Crippen molar-refractivity contribution in [3.63, 3.8) is 0 Å². The second kappa shape index (κ2) is 11.2. The normalized spacial score (nSPS) is 13.4. The lowest BCUT2D eigenvalue weighted by Crippen LogP contribution is -2.12. The van der Waals surface area contributed by atoms with Gasteiger partial charge in [-0.2, -0.15) is 0 Å². The molecule has 0 bridgehead atoms. The van der Waals surface area contributed by atoms with Crippen LogP contribution in [0.1, 0.15) is 57.1 Å². The first-order chi connectivity index (χ1) is 11.1. The molecule has 1 N–H and O–H groups in total. The van der Waals surface area contributed by atoms with Crippen LogP contribution in [0.5, 0.6) is 0 Å². The standard InChI is InChI=1S/C18H24ClNO2S/c1-3-9-14(10-4-2)11-7-5-6-8-12-15(17(21)22)16-13-23-18(19)20-16/h3-4,9-10,13,15H,1,5-8,11-12H2,2H3,(H,21,22)/b10-4-,14-9+. The van der Waals surface area contributed by atoms with Crippen LogP contribution in [0.3, 0.4) is 0 Å². The van der Waals surface area contributed by atoms with Crippen LogP contribution in [0.25, 0.3) is 0 Å². The SMILES string of the molecule is C=C/C=C(\C=C/C)CCCCCCC(C(=O)O)c1csc(Cl)n1. The molecule has 3 nitrogen and oxygen atoms in total. The average Bonchev–Trinajstić information content (AvgIpc) is 2.92. The number of rotatable bonds is 11. The highest BCUT2D eigenvalue weighted by atomic mass is 35.5. The van der Waals surface area contributed by atoms with E-state index in [0.29, 0.717) is 16.6 Å². The van der Waals surface area contributed by atoms with E-state index in [1.165, 1.54) is 16.9 Å². The Labute approximate surface area is 147 Å². The van der Waals surface area contributed by atoms with Gasteiger partial charge in [0, 0.05) is 5.38 Å². The van der Waals surface area contributed by atoms with Gasteiger partial charge in [0.15, 0.2) is 4.47 Å². The van der Waals surface area contributed by atoms with Gasteiger partial charge in [0.05, 0.1) is 11.6 Å². The van der Waals surface area contributed by atoms with Gasteiger partial charge in [0.1, 0.15) is 0 Å². The molecule has 1 heterocycles. The summed E-state index contributed by atoms with van der Waals surface area (Å²) in [4.78, 5) is 15.4. The van der Waals surface area contributed by atoms with E-state index >= 15 is 0 Å². The summed E-state index contributed by atoms with van der Waals surface area (Å²) in [5, 5.41) is 11.1. The molecule has 0 saturated heterocycles. The Bertz CT molecular complexity index is 563. The number of nitrogens with zero attached hydrogens (tertiary/aromatic N) is 1. The quantitative estimate of drug-likeness (QED) is 0.392. The van der Waals surface area contributed by atoms with Crippen molar-refractivity contribution in [1.29, 1.82) is 0 Å². The van der Waals surface area contributed by atoms with E-state index in [1.807, 2.05) is 25.2 Å². The predicted octanol–water partition coefficient (Wildman–Crippen LogP) is 5.99. The number of unbranched alkanes of at least 4 members (excludes halogenated alkanes) is 3. The number of carboxylic acid groups (broad SMARTS) is 1. The highest BCUT2D eigenvalue weighted by Crippen LogP contribution is 2.26. The molecule has 0 aliphatic carbocycles. The maximum Gasteiger partial charge on any atom is 0.312 e. The van der Waals surface area contributed by atoms with E-state index < -0.39 is 11.9 Å². The molecule has 0 radical (unpaired) electrons. The van der Waals surface area contributed by atoms with Gasteiger partial charge in [-0.1, -0.05) is 61.7 Å². The maximum absolute atomic E-state index is 11.4. The molecule has 0 fully saturated rings. The number of allylic oxidation sites excluding steroid dienone is 5. The van der Waals surface area contributed by atoms with E-state index in [4.69, 9.17) is 11.6 Å². The van der Waals surface area contributed by atoms with Gasteiger partial charge in [-0.25, -0.2) is 4.98 Å². The van der Waals surface area contributed by atoms with Crippen molar-refractivity contribution in [1.82, 2.24) is 4.98 Å². The zero-order valence-corrected chi connectivity index (χ0v) is 15.1. The number of carboxylic acids is 1. The Morgan fingerprint density at radius 3 is 2.74 bits per heavy atom. The highest BCUT2D eigenvalue weighted by molar-refractivity contribution is 7.14. The Morgan fingerprint density at radius 2 is 2.17 bits per heavy atom. The molecule has 0 aliphatic heterocycles. The van der Waals surface area contributed by atoms with Gasteiger partial charge in [-0.3, -0.25) is 4.79 Å². The molecule has 5 heteroatoms. The second-order valence-corrected chi connectivity index (χ2v) is 6.79. The molecular weight excluding hydrogens is 330 g/mol. The van der Waals surface area contributed by atoms with Gasteiger partial charge in [0.2, 0.25) is 0 Å². The maximum atomic E-state index is 11.4. The van der Waals surface area contributed by atoms with Crippen molar-refractivity contribution < 1.29 is 9.90 Å². The summed E-state index contributed by atoms with van der Waals surface area (Å²) in [5.74, 6) is -1.37. The van der Waals surface area contributed by atoms with Crippen LogP contribution in [0.2, 0.25) is 4.47 Å². The van der Waals surface area contributed by atoms with Gasteiger partial charge >= 0.3 is 5.97 Å². The van der Waals surface area contributed by atoms with E-state index in [0.717, 1.165) is 32.1 Å². The highest BCUT2D eigenvalue weighted by Gasteiger charge is 2.21. The Kier molecular flexibility index (Phi) is 9.57. The van der Waals surface area contributed by atoms with Crippen LogP contribution < -0.4 is 0 Å². The van der Waals surface area contributed by atoms with Crippen LogP contribution in [0.15, 0.2) is 41.8 Å². The first-order valence-corrected chi connectivity index (χ1v) is 9.12. The summed E-state index contributed by atoms with van der Waals surface area (Å²) in [6.07, 6.45) is 13.7. The molecule has 0 saturated carbocycles. The van der Waals surface area contributed by atoms with Crippen LogP contribution in [-0.2, 0) is 4.79 Å². The lowest BCUT2D eigenvalue weighted by Gasteiger charge is -2.09. The zero-order valence-electron chi connectivity index (χ0n) is 13.5. The molecule has 23 heavy (non-hydrogen) atoms. The lowest BCUT2D eigenvalue weighted by molar-refractivity contribution is -0.139. The second-order valence-electron chi connectivity index (χ2n) is 5.35. The summed E-state index contributed by atoms with van der Waals surface area (Å²) in [5.41, 5.74) is 1.86.